The van der Waals surface area contributed by atoms with E-state index in [1.807, 2.05) is 54.3 Å². The van der Waals surface area contributed by atoms with Crippen LogP contribution in [0.15, 0.2) is 48.5 Å². The summed E-state index contributed by atoms with van der Waals surface area (Å²) in [7, 11) is 0. The lowest BCUT2D eigenvalue weighted by atomic mass is 10.1. The lowest BCUT2D eigenvalue weighted by molar-refractivity contribution is 0.0760. The highest BCUT2D eigenvalue weighted by molar-refractivity contribution is 7.99. The minimum atomic E-state index is -0.0532. The van der Waals surface area contributed by atoms with Crippen LogP contribution in [0.4, 0.5) is 0 Å². The predicted molar refractivity (Wildman–Crippen MR) is 92.0 cm³/mol. The molecule has 23 heavy (non-hydrogen) atoms. The van der Waals surface area contributed by atoms with Crippen LogP contribution in [-0.2, 0) is 0 Å². The van der Waals surface area contributed by atoms with Crippen LogP contribution in [0.5, 0.6) is 11.5 Å². The number of hydrogen-bond donors (Lipinski definition) is 1. The number of rotatable bonds is 4. The van der Waals surface area contributed by atoms with Crippen molar-refractivity contribution in [1.82, 2.24) is 4.90 Å². The van der Waals surface area contributed by atoms with Gasteiger partial charge in [0.05, 0.1) is 6.61 Å². The van der Waals surface area contributed by atoms with Crippen molar-refractivity contribution in [2.75, 3.05) is 18.9 Å². The molecule has 1 amide bonds. The molecule has 0 aliphatic carbocycles. The summed E-state index contributed by atoms with van der Waals surface area (Å²) in [5, 5.41) is 9.80. The number of hydrogen-bond acceptors (Lipinski definition) is 4. The maximum Gasteiger partial charge on any atom is 0.255 e. The van der Waals surface area contributed by atoms with Gasteiger partial charge in [0.2, 0.25) is 0 Å². The van der Waals surface area contributed by atoms with E-state index >= 15 is 0 Å². The van der Waals surface area contributed by atoms with Crippen molar-refractivity contribution in [2.45, 2.75) is 12.3 Å². The topological polar surface area (TPSA) is 49.8 Å². The van der Waals surface area contributed by atoms with Gasteiger partial charge in [0.15, 0.2) is 11.5 Å². The van der Waals surface area contributed by atoms with Crippen LogP contribution in [0.25, 0.3) is 0 Å². The maximum absolute atomic E-state index is 12.7. The number of ether oxygens (including phenoxy) is 1. The zero-order chi connectivity index (χ0) is 16.2. The summed E-state index contributed by atoms with van der Waals surface area (Å²) in [5.74, 6) is 1.52. The molecule has 1 atom stereocenters. The molecular formula is C18H19NO3S. The van der Waals surface area contributed by atoms with Crippen molar-refractivity contribution >= 4 is 17.7 Å². The number of benzene rings is 2. The lowest BCUT2D eigenvalue weighted by Crippen LogP contribution is -2.30. The van der Waals surface area contributed by atoms with E-state index in [0.29, 0.717) is 24.5 Å². The van der Waals surface area contributed by atoms with Gasteiger partial charge in [-0.1, -0.05) is 24.3 Å². The number of phenols is 1. The van der Waals surface area contributed by atoms with Crippen molar-refractivity contribution in [1.29, 1.82) is 0 Å². The van der Waals surface area contributed by atoms with E-state index in [4.69, 9.17) is 4.74 Å². The average Bonchev–Trinajstić information content (AvgIpc) is 3.07. The van der Waals surface area contributed by atoms with Gasteiger partial charge in [0, 0.05) is 17.9 Å². The standard InChI is InChI=1S/C18H19NO3S/c1-2-22-16-12-14(8-9-15(16)20)18-19(10-11-23-18)17(21)13-6-4-3-5-7-13/h3-9,12,18,20H,2,10-11H2,1H3. The third-order valence-corrected chi connectivity index (χ3v) is 5.00. The second kappa shape index (κ2) is 6.96. The van der Waals surface area contributed by atoms with Gasteiger partial charge >= 0.3 is 0 Å². The molecule has 1 N–H and O–H groups in total. The van der Waals surface area contributed by atoms with E-state index in [-0.39, 0.29) is 17.0 Å². The van der Waals surface area contributed by atoms with Crippen LogP contribution >= 0.6 is 11.8 Å². The van der Waals surface area contributed by atoms with Gasteiger partial charge in [-0.2, -0.15) is 0 Å². The smallest absolute Gasteiger partial charge is 0.255 e. The molecule has 1 unspecified atom stereocenters. The minimum Gasteiger partial charge on any atom is -0.504 e. The Morgan fingerprint density at radius 2 is 2.09 bits per heavy atom. The van der Waals surface area contributed by atoms with Crippen LogP contribution in [0, 0.1) is 0 Å². The fraction of sp³-hybridized carbons (Fsp3) is 0.278. The zero-order valence-electron chi connectivity index (χ0n) is 12.9. The van der Waals surface area contributed by atoms with E-state index < -0.39 is 0 Å². The molecular weight excluding hydrogens is 310 g/mol. The Balaban J connectivity index is 1.87. The van der Waals surface area contributed by atoms with Gasteiger partial charge in [0.25, 0.3) is 5.91 Å². The first-order valence-electron chi connectivity index (χ1n) is 7.64. The normalized spacial score (nSPS) is 17.3. The summed E-state index contributed by atoms with van der Waals surface area (Å²) in [5.41, 5.74) is 1.67. The Kier molecular flexibility index (Phi) is 4.76. The van der Waals surface area contributed by atoms with Crippen LogP contribution in [-0.4, -0.2) is 34.8 Å². The van der Waals surface area contributed by atoms with Crippen molar-refractivity contribution in [3.05, 3.63) is 59.7 Å². The molecule has 0 saturated carbocycles. The van der Waals surface area contributed by atoms with Gasteiger partial charge in [-0.3, -0.25) is 4.79 Å². The molecule has 0 bridgehead atoms. The molecule has 5 heteroatoms. The highest BCUT2D eigenvalue weighted by Crippen LogP contribution is 2.41. The third kappa shape index (κ3) is 3.29. The number of carbonyl (C=O) groups is 1. The van der Waals surface area contributed by atoms with Crippen molar-refractivity contribution in [2.24, 2.45) is 0 Å². The molecule has 2 aromatic carbocycles. The number of phenolic OH excluding ortho intramolecular Hbond substituents is 1. The first kappa shape index (κ1) is 15.7. The van der Waals surface area contributed by atoms with Crippen LogP contribution in [0.2, 0.25) is 0 Å². The number of carbonyl (C=O) groups excluding carboxylic acids is 1. The molecule has 0 spiro atoms. The van der Waals surface area contributed by atoms with Gasteiger partial charge in [-0.25, -0.2) is 0 Å². The minimum absolute atomic E-state index is 0.0339. The van der Waals surface area contributed by atoms with E-state index in [1.54, 1.807) is 17.8 Å². The second-order valence-corrected chi connectivity index (χ2v) is 6.44. The van der Waals surface area contributed by atoms with Crippen LogP contribution in [0.3, 0.4) is 0 Å². The van der Waals surface area contributed by atoms with E-state index in [1.165, 1.54) is 0 Å². The SMILES string of the molecule is CCOc1cc(C2SCCN2C(=O)c2ccccc2)ccc1O. The molecule has 0 radical (unpaired) electrons. The largest absolute Gasteiger partial charge is 0.504 e. The van der Waals surface area contributed by atoms with Gasteiger partial charge in [-0.15, -0.1) is 11.8 Å². The van der Waals surface area contributed by atoms with Crippen molar-refractivity contribution in [3.8, 4) is 11.5 Å². The summed E-state index contributed by atoms with van der Waals surface area (Å²) in [6.07, 6.45) is 0. The Morgan fingerprint density at radius 3 is 2.83 bits per heavy atom. The number of aromatic hydroxyl groups is 1. The fourth-order valence-electron chi connectivity index (χ4n) is 2.66. The molecule has 0 aromatic heterocycles. The fourth-order valence-corrected chi connectivity index (χ4v) is 3.90. The lowest BCUT2D eigenvalue weighted by Gasteiger charge is -2.24. The first-order chi connectivity index (χ1) is 11.2. The van der Waals surface area contributed by atoms with E-state index in [9.17, 15) is 9.90 Å². The Morgan fingerprint density at radius 1 is 1.30 bits per heavy atom. The number of amides is 1. The van der Waals surface area contributed by atoms with Gasteiger partial charge < -0.3 is 14.7 Å². The van der Waals surface area contributed by atoms with Gasteiger partial charge in [-0.05, 0) is 36.8 Å². The molecule has 3 rings (SSSR count). The summed E-state index contributed by atoms with van der Waals surface area (Å²) >= 11 is 1.73. The second-order valence-electron chi connectivity index (χ2n) is 5.25. The molecule has 1 aliphatic rings. The summed E-state index contributed by atoms with van der Waals surface area (Å²) < 4.78 is 5.45. The number of thioether (sulfide) groups is 1. The number of nitrogens with zero attached hydrogens (tertiary/aromatic N) is 1. The van der Waals surface area contributed by atoms with E-state index in [0.717, 1.165) is 11.3 Å². The van der Waals surface area contributed by atoms with Crippen molar-refractivity contribution < 1.29 is 14.6 Å². The van der Waals surface area contributed by atoms with E-state index in [2.05, 4.69) is 0 Å². The maximum atomic E-state index is 12.7. The molecule has 120 valence electrons. The molecule has 2 aromatic rings. The molecule has 4 nitrogen and oxygen atoms in total. The first-order valence-corrected chi connectivity index (χ1v) is 8.69. The zero-order valence-corrected chi connectivity index (χ0v) is 13.8. The van der Waals surface area contributed by atoms with Crippen LogP contribution < -0.4 is 4.74 Å². The highest BCUT2D eigenvalue weighted by Gasteiger charge is 2.31. The monoisotopic (exact) mass is 329 g/mol. The Bertz CT molecular complexity index is 690. The molecule has 1 heterocycles. The molecule has 1 fully saturated rings. The quantitative estimate of drug-likeness (QED) is 0.929. The Hall–Kier alpha value is -2.14. The summed E-state index contributed by atoms with van der Waals surface area (Å²) in [4.78, 5) is 14.6. The van der Waals surface area contributed by atoms with Crippen molar-refractivity contribution in [3.63, 3.8) is 0 Å². The Labute approximate surface area is 140 Å². The average molecular weight is 329 g/mol. The van der Waals surface area contributed by atoms with Gasteiger partial charge in [0.1, 0.15) is 5.37 Å². The summed E-state index contributed by atoms with van der Waals surface area (Å²) in [6.45, 7) is 3.08. The molecule has 1 aliphatic heterocycles. The molecule has 1 saturated heterocycles. The highest BCUT2D eigenvalue weighted by atomic mass is 32.2. The predicted octanol–water partition coefficient (Wildman–Crippen LogP) is 3.68. The van der Waals surface area contributed by atoms with Crippen LogP contribution in [0.1, 0.15) is 28.2 Å². The summed E-state index contributed by atoms with van der Waals surface area (Å²) in [6, 6.07) is 14.6. The third-order valence-electron chi connectivity index (χ3n) is 3.74.